The van der Waals surface area contributed by atoms with Crippen LogP contribution in [0.1, 0.15) is 38.5 Å². The molecule has 2 heteroatoms. The molecule has 0 bridgehead atoms. The Morgan fingerprint density at radius 1 is 1.06 bits per heavy atom. The number of ether oxygens (including phenoxy) is 1. The second-order valence-corrected chi connectivity index (χ2v) is 4.83. The molecule has 0 amide bonds. The van der Waals surface area contributed by atoms with Crippen LogP contribution in [0.15, 0.2) is 30.3 Å². The summed E-state index contributed by atoms with van der Waals surface area (Å²) in [6.07, 6.45) is 7.19. The molecule has 0 atom stereocenters. The van der Waals surface area contributed by atoms with E-state index in [1.54, 1.807) is 0 Å². The first-order valence-electron chi connectivity index (χ1n) is 6.25. The molecular weight excluding hydrogens is 198 g/mol. The fourth-order valence-electron chi connectivity index (χ4n) is 2.39. The summed E-state index contributed by atoms with van der Waals surface area (Å²) in [5.41, 5.74) is 6.38. The summed E-state index contributed by atoms with van der Waals surface area (Å²) in [4.78, 5) is 0. The van der Waals surface area contributed by atoms with Crippen molar-refractivity contribution in [1.82, 2.24) is 0 Å². The molecule has 0 saturated heterocycles. The fourth-order valence-corrected chi connectivity index (χ4v) is 2.39. The van der Waals surface area contributed by atoms with Crippen LogP contribution in [0.4, 0.5) is 0 Å². The summed E-state index contributed by atoms with van der Waals surface area (Å²) in [5, 5.41) is 0. The van der Waals surface area contributed by atoms with Crippen LogP contribution in [0.25, 0.3) is 0 Å². The average molecular weight is 219 g/mol. The molecule has 0 heterocycles. The van der Waals surface area contributed by atoms with Crippen molar-refractivity contribution in [3.8, 4) is 5.75 Å². The molecule has 0 aliphatic heterocycles. The highest BCUT2D eigenvalue weighted by Crippen LogP contribution is 2.28. The molecule has 16 heavy (non-hydrogen) atoms. The smallest absolute Gasteiger partial charge is 0.119 e. The molecule has 0 radical (unpaired) electrons. The molecule has 2 rings (SSSR count). The average Bonchev–Trinajstić information content (AvgIpc) is 2.31. The Morgan fingerprint density at radius 2 is 1.75 bits per heavy atom. The predicted molar refractivity (Wildman–Crippen MR) is 66.6 cm³/mol. The standard InChI is InChI=1S/C14H21NO/c15-14(9-5-2-6-10-14)11-12-16-13-7-3-1-4-8-13/h1,3-4,7-8H,2,5-6,9-12,15H2. The number of hydrogen-bond acceptors (Lipinski definition) is 2. The van der Waals surface area contributed by atoms with E-state index < -0.39 is 0 Å². The van der Waals surface area contributed by atoms with Crippen LogP contribution in [0, 0.1) is 0 Å². The summed E-state index contributed by atoms with van der Waals surface area (Å²) < 4.78 is 5.69. The Hall–Kier alpha value is -1.02. The van der Waals surface area contributed by atoms with Gasteiger partial charge in [-0.25, -0.2) is 0 Å². The summed E-state index contributed by atoms with van der Waals surface area (Å²) in [6, 6.07) is 9.97. The lowest BCUT2D eigenvalue weighted by molar-refractivity contribution is 0.214. The van der Waals surface area contributed by atoms with Gasteiger partial charge in [0.05, 0.1) is 6.61 Å². The molecule has 0 spiro atoms. The molecule has 0 aromatic heterocycles. The van der Waals surface area contributed by atoms with Gasteiger partial charge in [0.25, 0.3) is 0 Å². The molecule has 1 aliphatic rings. The zero-order valence-corrected chi connectivity index (χ0v) is 9.82. The van der Waals surface area contributed by atoms with Gasteiger partial charge in [0, 0.05) is 5.54 Å². The van der Waals surface area contributed by atoms with Gasteiger partial charge in [-0.05, 0) is 31.4 Å². The van der Waals surface area contributed by atoms with Crippen LogP contribution in [-0.2, 0) is 0 Å². The Bertz CT molecular complexity index is 304. The highest BCUT2D eigenvalue weighted by molar-refractivity contribution is 5.20. The summed E-state index contributed by atoms with van der Waals surface area (Å²) >= 11 is 0. The van der Waals surface area contributed by atoms with Crippen molar-refractivity contribution in [2.45, 2.75) is 44.1 Å². The lowest BCUT2D eigenvalue weighted by atomic mass is 9.80. The molecule has 0 unspecified atom stereocenters. The minimum atomic E-state index is 0.0348. The van der Waals surface area contributed by atoms with E-state index in [2.05, 4.69) is 0 Å². The summed E-state index contributed by atoms with van der Waals surface area (Å²) in [6.45, 7) is 0.737. The Kier molecular flexibility index (Phi) is 3.83. The molecule has 1 fully saturated rings. The topological polar surface area (TPSA) is 35.2 Å². The third kappa shape index (κ3) is 3.24. The summed E-state index contributed by atoms with van der Waals surface area (Å²) in [7, 11) is 0. The Morgan fingerprint density at radius 3 is 2.44 bits per heavy atom. The maximum absolute atomic E-state index is 6.34. The van der Waals surface area contributed by atoms with Gasteiger partial charge < -0.3 is 10.5 Å². The second kappa shape index (κ2) is 5.35. The van der Waals surface area contributed by atoms with Crippen LogP contribution in [0.5, 0.6) is 5.75 Å². The van der Waals surface area contributed by atoms with Crippen LogP contribution < -0.4 is 10.5 Å². The quantitative estimate of drug-likeness (QED) is 0.844. The van der Waals surface area contributed by atoms with Crippen molar-refractivity contribution < 1.29 is 4.74 Å². The van der Waals surface area contributed by atoms with E-state index in [-0.39, 0.29) is 5.54 Å². The van der Waals surface area contributed by atoms with Gasteiger partial charge in [0.1, 0.15) is 5.75 Å². The van der Waals surface area contributed by atoms with Crippen LogP contribution in [-0.4, -0.2) is 12.1 Å². The first kappa shape index (κ1) is 11.5. The first-order valence-corrected chi connectivity index (χ1v) is 6.25. The van der Waals surface area contributed by atoms with E-state index in [1.165, 1.54) is 19.3 Å². The third-order valence-corrected chi connectivity index (χ3v) is 3.46. The van der Waals surface area contributed by atoms with E-state index >= 15 is 0 Å². The highest BCUT2D eigenvalue weighted by atomic mass is 16.5. The van der Waals surface area contributed by atoms with Crippen LogP contribution in [0.2, 0.25) is 0 Å². The van der Waals surface area contributed by atoms with Crippen molar-refractivity contribution >= 4 is 0 Å². The monoisotopic (exact) mass is 219 g/mol. The lowest BCUT2D eigenvalue weighted by Crippen LogP contribution is -2.42. The van der Waals surface area contributed by atoms with E-state index in [4.69, 9.17) is 10.5 Å². The molecule has 1 aliphatic carbocycles. The summed E-state index contributed by atoms with van der Waals surface area (Å²) in [5.74, 6) is 0.946. The number of hydrogen-bond donors (Lipinski definition) is 1. The molecule has 1 aromatic rings. The lowest BCUT2D eigenvalue weighted by Gasteiger charge is -2.33. The number of nitrogens with two attached hydrogens (primary N) is 1. The largest absolute Gasteiger partial charge is 0.494 e. The van der Waals surface area contributed by atoms with E-state index in [9.17, 15) is 0 Å². The van der Waals surface area contributed by atoms with Crippen LogP contribution in [0.3, 0.4) is 0 Å². The molecule has 1 saturated carbocycles. The highest BCUT2D eigenvalue weighted by Gasteiger charge is 2.26. The molecule has 2 nitrogen and oxygen atoms in total. The fraction of sp³-hybridized carbons (Fsp3) is 0.571. The second-order valence-electron chi connectivity index (χ2n) is 4.83. The van der Waals surface area contributed by atoms with Gasteiger partial charge in [0.15, 0.2) is 0 Å². The minimum absolute atomic E-state index is 0.0348. The van der Waals surface area contributed by atoms with Crippen molar-refractivity contribution in [2.24, 2.45) is 5.73 Å². The van der Waals surface area contributed by atoms with Crippen molar-refractivity contribution in [3.05, 3.63) is 30.3 Å². The van der Waals surface area contributed by atoms with Gasteiger partial charge >= 0.3 is 0 Å². The van der Waals surface area contributed by atoms with Gasteiger partial charge in [-0.1, -0.05) is 37.5 Å². The van der Waals surface area contributed by atoms with E-state index in [0.29, 0.717) is 0 Å². The van der Waals surface area contributed by atoms with Gasteiger partial charge in [0.2, 0.25) is 0 Å². The third-order valence-electron chi connectivity index (χ3n) is 3.46. The number of benzene rings is 1. The molecule has 1 aromatic carbocycles. The molecule has 88 valence electrons. The van der Waals surface area contributed by atoms with Crippen molar-refractivity contribution in [1.29, 1.82) is 0 Å². The maximum atomic E-state index is 6.34. The number of para-hydroxylation sites is 1. The van der Waals surface area contributed by atoms with E-state index in [1.807, 2.05) is 30.3 Å². The minimum Gasteiger partial charge on any atom is -0.494 e. The van der Waals surface area contributed by atoms with Gasteiger partial charge in [-0.3, -0.25) is 0 Å². The molecular formula is C14H21NO. The first-order chi connectivity index (χ1) is 7.79. The zero-order chi connectivity index (χ0) is 11.3. The van der Waals surface area contributed by atoms with Gasteiger partial charge in [-0.15, -0.1) is 0 Å². The predicted octanol–water partition coefficient (Wildman–Crippen LogP) is 3.12. The van der Waals surface area contributed by atoms with Crippen molar-refractivity contribution in [3.63, 3.8) is 0 Å². The molecule has 2 N–H and O–H groups in total. The zero-order valence-electron chi connectivity index (χ0n) is 9.82. The van der Waals surface area contributed by atoms with Crippen LogP contribution >= 0.6 is 0 Å². The Labute approximate surface area is 97.8 Å². The Balaban J connectivity index is 1.75. The van der Waals surface area contributed by atoms with E-state index in [0.717, 1.165) is 31.6 Å². The number of rotatable bonds is 4. The maximum Gasteiger partial charge on any atom is 0.119 e. The SMILES string of the molecule is NC1(CCOc2ccccc2)CCCCC1. The normalized spacial score (nSPS) is 19.3. The van der Waals surface area contributed by atoms with Crippen molar-refractivity contribution in [2.75, 3.05) is 6.61 Å². The van der Waals surface area contributed by atoms with Gasteiger partial charge in [-0.2, -0.15) is 0 Å².